The topological polar surface area (TPSA) is 49.4 Å². The molecule has 0 aromatic rings. The van der Waals surface area contributed by atoms with E-state index in [0.717, 1.165) is 25.4 Å². The van der Waals surface area contributed by atoms with Gasteiger partial charge in [-0.2, -0.15) is 0 Å². The first kappa shape index (κ1) is 14.3. The van der Waals surface area contributed by atoms with Crippen molar-refractivity contribution in [1.29, 1.82) is 0 Å². The minimum absolute atomic E-state index is 0.266. The highest BCUT2D eigenvalue weighted by molar-refractivity contribution is 7.91. The van der Waals surface area contributed by atoms with Crippen molar-refractivity contribution in [3.63, 3.8) is 0 Å². The second-order valence-electron chi connectivity index (χ2n) is 5.65. The number of hydrogen-bond donors (Lipinski definition) is 1. The zero-order valence-electron chi connectivity index (χ0n) is 11.6. The third-order valence-corrected chi connectivity index (χ3v) is 6.04. The molecule has 2 atom stereocenters. The Bertz CT molecular complexity index is 365. The Balaban J connectivity index is 1.89. The summed E-state index contributed by atoms with van der Waals surface area (Å²) in [6.07, 6.45) is 3.78. The van der Waals surface area contributed by atoms with E-state index in [0.29, 0.717) is 24.4 Å². The second-order valence-corrected chi connectivity index (χ2v) is 8.12. The maximum atomic E-state index is 11.6. The van der Waals surface area contributed by atoms with Gasteiger partial charge in [-0.3, -0.25) is 4.90 Å². The van der Waals surface area contributed by atoms with Crippen LogP contribution >= 0.6 is 0 Å². The summed E-state index contributed by atoms with van der Waals surface area (Å²) in [5.74, 6) is 1.42. The van der Waals surface area contributed by atoms with Crippen LogP contribution in [0.1, 0.15) is 33.1 Å². The summed E-state index contributed by atoms with van der Waals surface area (Å²) < 4.78 is 23.2. The van der Waals surface area contributed by atoms with Crippen LogP contribution < -0.4 is 5.32 Å². The molecule has 2 aliphatic rings. The van der Waals surface area contributed by atoms with E-state index in [1.807, 2.05) is 0 Å². The number of sulfone groups is 1. The Labute approximate surface area is 111 Å². The molecule has 1 saturated heterocycles. The molecule has 1 N–H and O–H groups in total. The monoisotopic (exact) mass is 274 g/mol. The lowest BCUT2D eigenvalue weighted by Gasteiger charge is -2.40. The molecule has 1 aliphatic carbocycles. The molecule has 2 rings (SSSR count). The maximum Gasteiger partial charge on any atom is 0.151 e. The highest BCUT2D eigenvalue weighted by Gasteiger charge is 2.36. The molecule has 0 aromatic heterocycles. The minimum Gasteiger partial charge on any atom is -0.311 e. The lowest BCUT2D eigenvalue weighted by atomic mass is 10.0. The average Bonchev–Trinajstić information content (AvgIpc) is 3.20. The van der Waals surface area contributed by atoms with Gasteiger partial charge in [0, 0.05) is 37.5 Å². The smallest absolute Gasteiger partial charge is 0.151 e. The second kappa shape index (κ2) is 5.88. The van der Waals surface area contributed by atoms with E-state index in [2.05, 4.69) is 17.1 Å². The predicted octanol–water partition coefficient (Wildman–Crippen LogP) is 0.884. The normalized spacial score (nSPS) is 30.6. The summed E-state index contributed by atoms with van der Waals surface area (Å²) in [5, 5.41) is 3.63. The van der Waals surface area contributed by atoms with Gasteiger partial charge >= 0.3 is 0 Å². The van der Waals surface area contributed by atoms with E-state index in [9.17, 15) is 8.42 Å². The summed E-state index contributed by atoms with van der Waals surface area (Å²) in [4.78, 5) is 2.40. The van der Waals surface area contributed by atoms with Gasteiger partial charge in [0.1, 0.15) is 0 Å². The van der Waals surface area contributed by atoms with Crippen molar-refractivity contribution in [2.45, 2.75) is 45.2 Å². The molecule has 2 unspecified atom stereocenters. The van der Waals surface area contributed by atoms with Crippen molar-refractivity contribution >= 4 is 9.84 Å². The fourth-order valence-electron chi connectivity index (χ4n) is 2.77. The van der Waals surface area contributed by atoms with Crippen LogP contribution in [0.5, 0.6) is 0 Å². The van der Waals surface area contributed by atoms with Crippen LogP contribution in [0.3, 0.4) is 0 Å². The number of nitrogens with zero attached hydrogens (tertiary/aromatic N) is 1. The van der Waals surface area contributed by atoms with E-state index >= 15 is 0 Å². The molecule has 18 heavy (non-hydrogen) atoms. The van der Waals surface area contributed by atoms with Crippen molar-refractivity contribution in [3.8, 4) is 0 Å². The van der Waals surface area contributed by atoms with Crippen molar-refractivity contribution in [1.82, 2.24) is 10.2 Å². The summed E-state index contributed by atoms with van der Waals surface area (Å²) in [7, 11) is -2.83. The summed E-state index contributed by atoms with van der Waals surface area (Å²) >= 11 is 0. The molecule has 0 aromatic carbocycles. The predicted molar refractivity (Wildman–Crippen MR) is 74.5 cm³/mol. The van der Waals surface area contributed by atoms with Gasteiger partial charge in [-0.1, -0.05) is 13.8 Å². The van der Waals surface area contributed by atoms with E-state index in [-0.39, 0.29) is 5.75 Å². The molecule has 4 nitrogen and oxygen atoms in total. The van der Waals surface area contributed by atoms with Crippen LogP contribution in [0.25, 0.3) is 0 Å². The maximum absolute atomic E-state index is 11.6. The SMILES string of the molecule is CCC1CNC(C2CC2)CN1CCS(=O)(=O)CC. The van der Waals surface area contributed by atoms with Gasteiger partial charge in [-0.15, -0.1) is 0 Å². The fourth-order valence-corrected chi connectivity index (χ4v) is 3.58. The van der Waals surface area contributed by atoms with Crippen LogP contribution in [0.4, 0.5) is 0 Å². The van der Waals surface area contributed by atoms with E-state index in [1.54, 1.807) is 6.92 Å². The van der Waals surface area contributed by atoms with Gasteiger partial charge in [0.25, 0.3) is 0 Å². The largest absolute Gasteiger partial charge is 0.311 e. The Hall–Kier alpha value is -0.130. The first-order valence-electron chi connectivity index (χ1n) is 7.23. The first-order chi connectivity index (χ1) is 8.55. The lowest BCUT2D eigenvalue weighted by Crippen LogP contribution is -2.57. The number of hydrogen-bond acceptors (Lipinski definition) is 4. The Morgan fingerprint density at radius 3 is 2.56 bits per heavy atom. The molecule has 0 amide bonds. The van der Waals surface area contributed by atoms with E-state index in [4.69, 9.17) is 0 Å². The Morgan fingerprint density at radius 2 is 2.00 bits per heavy atom. The third-order valence-electron chi connectivity index (χ3n) is 4.35. The van der Waals surface area contributed by atoms with Crippen molar-refractivity contribution < 1.29 is 8.42 Å². The molecular formula is C13H26N2O2S. The molecule has 2 fully saturated rings. The first-order valence-corrected chi connectivity index (χ1v) is 9.05. The quantitative estimate of drug-likeness (QED) is 0.781. The standard InChI is InChI=1S/C13H26N2O2S/c1-3-12-9-14-13(11-5-6-11)10-15(12)7-8-18(16,17)4-2/h11-14H,3-10H2,1-2H3. The molecule has 5 heteroatoms. The highest BCUT2D eigenvalue weighted by atomic mass is 32.2. The molecule has 0 bridgehead atoms. The summed E-state index contributed by atoms with van der Waals surface area (Å²) in [5.41, 5.74) is 0. The van der Waals surface area contributed by atoms with E-state index in [1.165, 1.54) is 12.8 Å². The van der Waals surface area contributed by atoms with Gasteiger partial charge in [0.05, 0.1) is 5.75 Å². The number of nitrogens with one attached hydrogen (secondary N) is 1. The van der Waals surface area contributed by atoms with Gasteiger partial charge in [0.15, 0.2) is 9.84 Å². The van der Waals surface area contributed by atoms with Crippen molar-refractivity contribution in [3.05, 3.63) is 0 Å². The molecule has 0 spiro atoms. The van der Waals surface area contributed by atoms with Gasteiger partial charge in [-0.25, -0.2) is 8.42 Å². The Kier molecular flexibility index (Phi) is 4.67. The fraction of sp³-hybridized carbons (Fsp3) is 1.00. The average molecular weight is 274 g/mol. The van der Waals surface area contributed by atoms with Gasteiger partial charge in [0.2, 0.25) is 0 Å². The molecule has 1 saturated carbocycles. The van der Waals surface area contributed by atoms with E-state index < -0.39 is 9.84 Å². The van der Waals surface area contributed by atoms with Gasteiger partial charge < -0.3 is 5.32 Å². The number of rotatable bonds is 6. The Morgan fingerprint density at radius 1 is 1.28 bits per heavy atom. The van der Waals surface area contributed by atoms with Crippen molar-refractivity contribution in [2.24, 2.45) is 5.92 Å². The van der Waals surface area contributed by atoms with Crippen molar-refractivity contribution in [2.75, 3.05) is 31.1 Å². The molecule has 1 heterocycles. The number of piperazine rings is 1. The van der Waals surface area contributed by atoms with Crippen LogP contribution in [0.2, 0.25) is 0 Å². The molecule has 1 aliphatic heterocycles. The molecule has 106 valence electrons. The minimum atomic E-state index is -2.83. The lowest BCUT2D eigenvalue weighted by molar-refractivity contribution is 0.126. The zero-order valence-corrected chi connectivity index (χ0v) is 12.4. The van der Waals surface area contributed by atoms with Crippen LogP contribution in [-0.2, 0) is 9.84 Å². The molecule has 0 radical (unpaired) electrons. The molecular weight excluding hydrogens is 248 g/mol. The summed E-state index contributed by atoms with van der Waals surface area (Å²) in [6, 6.07) is 1.10. The van der Waals surface area contributed by atoms with Gasteiger partial charge in [-0.05, 0) is 25.2 Å². The summed E-state index contributed by atoms with van der Waals surface area (Å²) in [6.45, 7) is 6.67. The zero-order chi connectivity index (χ0) is 13.2. The highest BCUT2D eigenvalue weighted by Crippen LogP contribution is 2.34. The van der Waals surface area contributed by atoms with Crippen LogP contribution in [0.15, 0.2) is 0 Å². The van der Waals surface area contributed by atoms with Crippen LogP contribution in [-0.4, -0.2) is 56.5 Å². The van der Waals surface area contributed by atoms with Crippen LogP contribution in [0, 0.1) is 5.92 Å². The third kappa shape index (κ3) is 3.68.